The fraction of sp³-hybridized carbons (Fsp3) is 0.222. The van der Waals surface area contributed by atoms with Gasteiger partial charge in [-0.25, -0.2) is 4.98 Å². The molecule has 1 amide bonds. The molecule has 1 aromatic carbocycles. The van der Waals surface area contributed by atoms with Crippen LogP contribution >= 0.6 is 0 Å². The van der Waals surface area contributed by atoms with Gasteiger partial charge in [-0.15, -0.1) is 0 Å². The molecule has 3 rings (SSSR count). The largest absolute Gasteiger partial charge is 0.472 e. The van der Waals surface area contributed by atoms with E-state index in [2.05, 4.69) is 4.98 Å². The fourth-order valence-corrected chi connectivity index (χ4v) is 2.59. The second kappa shape index (κ2) is 6.80. The highest BCUT2D eigenvalue weighted by Gasteiger charge is 2.28. The van der Waals surface area contributed by atoms with Crippen LogP contribution in [-0.2, 0) is 0 Å². The van der Waals surface area contributed by atoms with Crippen LogP contribution in [0.5, 0.6) is 5.88 Å². The minimum Gasteiger partial charge on any atom is -0.472 e. The number of amides is 1. The number of ether oxygens (including phenoxy) is 1. The zero-order valence-electron chi connectivity index (χ0n) is 12.8. The predicted octanol–water partition coefficient (Wildman–Crippen LogP) is 2.12. The molecule has 6 nitrogen and oxygen atoms in total. The molecule has 1 saturated heterocycles. The van der Waals surface area contributed by atoms with Crippen molar-refractivity contribution in [2.75, 3.05) is 13.1 Å². The minimum absolute atomic E-state index is 0.0793. The van der Waals surface area contributed by atoms with Crippen LogP contribution in [0.15, 0.2) is 42.6 Å². The van der Waals surface area contributed by atoms with E-state index < -0.39 is 0 Å². The smallest absolute Gasteiger partial charge is 0.253 e. The molecule has 1 atom stereocenters. The Balaban J connectivity index is 1.63. The van der Waals surface area contributed by atoms with E-state index in [0.717, 1.165) is 0 Å². The summed E-state index contributed by atoms with van der Waals surface area (Å²) in [7, 11) is 0. The minimum atomic E-state index is -0.145. The first-order chi connectivity index (χ1) is 11.7. The van der Waals surface area contributed by atoms with Crippen molar-refractivity contribution in [2.45, 2.75) is 12.5 Å². The number of likely N-dealkylation sites (tertiary alicyclic amines) is 1. The molecule has 0 N–H and O–H groups in total. The molecule has 1 aliphatic heterocycles. The van der Waals surface area contributed by atoms with E-state index in [9.17, 15) is 4.79 Å². The Morgan fingerprint density at radius 3 is 2.62 bits per heavy atom. The molecule has 2 heterocycles. The third kappa shape index (κ3) is 3.34. The van der Waals surface area contributed by atoms with Crippen LogP contribution in [0, 0.1) is 22.7 Å². The van der Waals surface area contributed by atoms with E-state index in [-0.39, 0.29) is 12.0 Å². The fourth-order valence-electron chi connectivity index (χ4n) is 2.59. The average molecular weight is 318 g/mol. The number of aromatic nitrogens is 1. The van der Waals surface area contributed by atoms with E-state index in [1.807, 2.05) is 12.1 Å². The van der Waals surface area contributed by atoms with Gasteiger partial charge >= 0.3 is 0 Å². The first kappa shape index (κ1) is 15.5. The monoisotopic (exact) mass is 318 g/mol. The second-order valence-corrected chi connectivity index (χ2v) is 5.46. The van der Waals surface area contributed by atoms with Gasteiger partial charge in [0, 0.05) is 30.8 Å². The van der Waals surface area contributed by atoms with E-state index in [4.69, 9.17) is 15.3 Å². The number of nitriles is 2. The maximum absolute atomic E-state index is 12.5. The van der Waals surface area contributed by atoms with E-state index in [1.165, 1.54) is 6.20 Å². The molecule has 24 heavy (non-hydrogen) atoms. The van der Waals surface area contributed by atoms with Crippen LogP contribution in [0.25, 0.3) is 0 Å². The number of pyridine rings is 1. The number of hydrogen-bond donors (Lipinski definition) is 0. The molecule has 0 bridgehead atoms. The third-order valence-corrected chi connectivity index (χ3v) is 3.84. The van der Waals surface area contributed by atoms with Crippen molar-refractivity contribution in [1.29, 1.82) is 10.5 Å². The highest BCUT2D eigenvalue weighted by molar-refractivity contribution is 5.94. The number of carbonyl (C=O) groups excluding carboxylic acids is 1. The Bertz CT molecular complexity index is 833. The van der Waals surface area contributed by atoms with Crippen molar-refractivity contribution in [3.63, 3.8) is 0 Å². The Kier molecular flexibility index (Phi) is 4.40. The van der Waals surface area contributed by atoms with Gasteiger partial charge in [0.1, 0.15) is 6.10 Å². The lowest BCUT2D eigenvalue weighted by Crippen LogP contribution is -2.31. The number of benzene rings is 1. The quantitative estimate of drug-likeness (QED) is 0.864. The zero-order valence-corrected chi connectivity index (χ0v) is 12.8. The summed E-state index contributed by atoms with van der Waals surface area (Å²) in [5.74, 6) is 0.316. The first-order valence-electron chi connectivity index (χ1n) is 7.52. The van der Waals surface area contributed by atoms with E-state index in [0.29, 0.717) is 42.1 Å². The van der Waals surface area contributed by atoms with Gasteiger partial charge in [-0.1, -0.05) is 0 Å². The van der Waals surface area contributed by atoms with Gasteiger partial charge in [0.2, 0.25) is 5.88 Å². The molecule has 2 aromatic rings. The molecule has 1 aliphatic rings. The molecular weight excluding hydrogens is 304 g/mol. The summed E-state index contributed by atoms with van der Waals surface area (Å²) >= 11 is 0. The van der Waals surface area contributed by atoms with Gasteiger partial charge in [-0.05, 0) is 30.3 Å². The molecule has 0 aliphatic carbocycles. The molecule has 0 spiro atoms. The van der Waals surface area contributed by atoms with E-state index >= 15 is 0 Å². The lowest BCUT2D eigenvalue weighted by Gasteiger charge is -2.17. The molecule has 6 heteroatoms. The average Bonchev–Trinajstić information content (AvgIpc) is 3.09. The molecule has 1 fully saturated rings. The maximum Gasteiger partial charge on any atom is 0.253 e. The normalized spacial score (nSPS) is 16.2. The van der Waals surface area contributed by atoms with Crippen molar-refractivity contribution in [3.8, 4) is 18.0 Å². The first-order valence-corrected chi connectivity index (χ1v) is 7.52. The molecule has 1 aromatic heterocycles. The number of rotatable bonds is 3. The third-order valence-electron chi connectivity index (χ3n) is 3.84. The van der Waals surface area contributed by atoms with Gasteiger partial charge in [0.25, 0.3) is 5.91 Å². The number of nitrogens with zero attached hydrogens (tertiary/aromatic N) is 4. The summed E-state index contributed by atoms with van der Waals surface area (Å²) < 4.78 is 5.77. The number of carbonyl (C=O) groups is 1. The molecule has 1 unspecified atom stereocenters. The van der Waals surface area contributed by atoms with Crippen molar-refractivity contribution in [1.82, 2.24) is 9.88 Å². The molecule has 0 saturated carbocycles. The molecule has 0 radical (unpaired) electrons. The summed E-state index contributed by atoms with van der Waals surface area (Å²) in [5, 5.41) is 17.7. The predicted molar refractivity (Wildman–Crippen MR) is 85.0 cm³/mol. The van der Waals surface area contributed by atoms with Gasteiger partial charge in [0.05, 0.1) is 29.8 Å². The van der Waals surface area contributed by atoms with E-state index in [1.54, 1.807) is 41.3 Å². The van der Waals surface area contributed by atoms with Crippen molar-refractivity contribution in [2.24, 2.45) is 0 Å². The van der Waals surface area contributed by atoms with Gasteiger partial charge in [-0.3, -0.25) is 4.79 Å². The highest BCUT2D eigenvalue weighted by Crippen LogP contribution is 2.19. The summed E-state index contributed by atoms with van der Waals surface area (Å²) in [4.78, 5) is 18.3. The lowest BCUT2D eigenvalue weighted by atomic mass is 10.1. The Hall–Kier alpha value is -3.38. The van der Waals surface area contributed by atoms with Gasteiger partial charge < -0.3 is 9.64 Å². The van der Waals surface area contributed by atoms with Crippen LogP contribution in [0.2, 0.25) is 0 Å². The zero-order chi connectivity index (χ0) is 16.9. The summed E-state index contributed by atoms with van der Waals surface area (Å²) in [6.45, 7) is 1.07. The van der Waals surface area contributed by atoms with Gasteiger partial charge in [-0.2, -0.15) is 10.5 Å². The van der Waals surface area contributed by atoms with Crippen molar-refractivity contribution >= 4 is 5.91 Å². The SMILES string of the molecule is N#Cc1ccc(C(=O)N2CCC(Oc3cc(C#N)ccn3)C2)cc1. The van der Waals surface area contributed by atoms with Gasteiger partial charge in [0.15, 0.2) is 0 Å². The molecule has 118 valence electrons. The van der Waals surface area contributed by atoms with Crippen LogP contribution < -0.4 is 4.74 Å². The second-order valence-electron chi connectivity index (χ2n) is 5.46. The Labute approximate surface area is 139 Å². The molecular formula is C18H14N4O2. The summed E-state index contributed by atoms with van der Waals surface area (Å²) in [6, 6.07) is 13.9. The van der Waals surface area contributed by atoms with Crippen LogP contribution in [0.4, 0.5) is 0 Å². The summed E-state index contributed by atoms with van der Waals surface area (Å²) in [5.41, 5.74) is 1.57. The van der Waals surface area contributed by atoms with Crippen LogP contribution in [0.1, 0.15) is 27.9 Å². The van der Waals surface area contributed by atoms with Crippen LogP contribution in [0.3, 0.4) is 0 Å². The lowest BCUT2D eigenvalue weighted by molar-refractivity contribution is 0.0771. The Morgan fingerprint density at radius 2 is 1.92 bits per heavy atom. The standard InChI is InChI=1S/C18H14N4O2/c19-10-13-1-3-15(4-2-13)18(23)22-8-6-16(12-22)24-17-9-14(11-20)5-7-21-17/h1-5,7,9,16H,6,8,12H2. The maximum atomic E-state index is 12.5. The number of hydrogen-bond acceptors (Lipinski definition) is 5. The summed E-state index contributed by atoms with van der Waals surface area (Å²) in [6.07, 6.45) is 2.09. The van der Waals surface area contributed by atoms with Crippen molar-refractivity contribution in [3.05, 3.63) is 59.3 Å². The van der Waals surface area contributed by atoms with Crippen LogP contribution in [-0.4, -0.2) is 35.0 Å². The highest BCUT2D eigenvalue weighted by atomic mass is 16.5. The Morgan fingerprint density at radius 1 is 1.17 bits per heavy atom. The topological polar surface area (TPSA) is 90.0 Å². The van der Waals surface area contributed by atoms with Crippen molar-refractivity contribution < 1.29 is 9.53 Å².